The molecule has 0 saturated carbocycles. The van der Waals surface area contributed by atoms with E-state index in [0.717, 1.165) is 45.0 Å². The van der Waals surface area contributed by atoms with E-state index < -0.39 is 36.5 Å². The van der Waals surface area contributed by atoms with Crippen molar-refractivity contribution in [2.45, 2.75) is 18.2 Å². The zero-order valence-corrected chi connectivity index (χ0v) is 26.1. The van der Waals surface area contributed by atoms with Crippen LogP contribution in [0, 0.1) is 10.1 Å². The number of sulfone groups is 1. The summed E-state index contributed by atoms with van der Waals surface area (Å²) in [6, 6.07) is 2.15. The van der Waals surface area contributed by atoms with Gasteiger partial charge in [-0.3, -0.25) is 19.1 Å². The molecule has 222 valence electrons. The highest BCUT2D eigenvalue weighted by Crippen LogP contribution is 2.34. The summed E-state index contributed by atoms with van der Waals surface area (Å²) in [6.45, 7) is 6.29. The third kappa shape index (κ3) is 9.93. The first-order valence-corrected chi connectivity index (χ1v) is 17.2. The summed E-state index contributed by atoms with van der Waals surface area (Å²) in [4.78, 5) is 31.8. The Morgan fingerprint density at radius 3 is 2.31 bits per heavy atom. The second kappa shape index (κ2) is 14.7. The van der Waals surface area contributed by atoms with E-state index in [4.69, 9.17) is 4.18 Å². The minimum atomic E-state index is -3.95. The molecule has 39 heavy (non-hydrogen) atoms. The molecule has 0 unspecified atom stereocenters. The van der Waals surface area contributed by atoms with Gasteiger partial charge in [-0.05, 0) is 26.1 Å². The summed E-state index contributed by atoms with van der Waals surface area (Å²) in [5, 5.41) is 12.4. The van der Waals surface area contributed by atoms with Crippen LogP contribution in [-0.4, -0.2) is 133 Å². The van der Waals surface area contributed by atoms with Crippen LogP contribution in [0.5, 0.6) is 0 Å². The molecule has 2 rings (SSSR count). The van der Waals surface area contributed by atoms with Crippen LogP contribution in [-0.2, 0) is 24.1 Å². The van der Waals surface area contributed by atoms with Gasteiger partial charge in [-0.15, -0.1) is 0 Å². The number of benzene rings is 1. The van der Waals surface area contributed by atoms with Crippen LogP contribution in [0.2, 0.25) is 0 Å². The predicted octanol–water partition coefficient (Wildman–Crippen LogP) is 1.28. The van der Waals surface area contributed by atoms with Gasteiger partial charge < -0.3 is 19.6 Å². The first-order valence-electron chi connectivity index (χ1n) is 12.6. The number of nitro benzene ring substituents is 1. The molecular formula is C23H38BrN5O8S2. The van der Waals surface area contributed by atoms with Crippen LogP contribution >= 0.6 is 15.9 Å². The van der Waals surface area contributed by atoms with Gasteiger partial charge >= 0.3 is 0 Å². The quantitative estimate of drug-likeness (QED) is 0.116. The van der Waals surface area contributed by atoms with E-state index in [0.29, 0.717) is 18.3 Å². The first kappa shape index (κ1) is 33.4. The third-order valence-corrected chi connectivity index (χ3v) is 9.19. The van der Waals surface area contributed by atoms with E-state index in [1.54, 1.807) is 7.05 Å². The van der Waals surface area contributed by atoms with Crippen molar-refractivity contribution in [1.82, 2.24) is 14.7 Å². The Balaban J connectivity index is 2.41. The van der Waals surface area contributed by atoms with Crippen molar-refractivity contribution in [2.75, 3.05) is 95.3 Å². The van der Waals surface area contributed by atoms with Crippen molar-refractivity contribution in [3.63, 3.8) is 0 Å². The average molecular weight is 657 g/mol. The topological polar surface area (TPSA) is 151 Å². The molecule has 13 nitrogen and oxygen atoms in total. The Morgan fingerprint density at radius 1 is 1.13 bits per heavy atom. The third-order valence-electron chi connectivity index (χ3n) is 6.48. The Morgan fingerprint density at radius 2 is 1.77 bits per heavy atom. The fourth-order valence-electron chi connectivity index (χ4n) is 4.20. The molecule has 1 aromatic carbocycles. The maximum atomic E-state index is 13.4. The second-order valence-corrected chi connectivity index (χ2v) is 14.1. The Kier molecular flexibility index (Phi) is 12.6. The molecule has 0 aromatic heterocycles. The van der Waals surface area contributed by atoms with E-state index in [9.17, 15) is 31.7 Å². The van der Waals surface area contributed by atoms with Gasteiger partial charge in [-0.25, -0.2) is 8.42 Å². The standard InChI is InChI=1S/C23H38BrN5O8S2/c1-5-39(35,36)22-18-20(29(31)32)19(17-21(22)28(10-7-24)15-16-37-38(4,33)34)23(30)26(3)8-6-9-27-13-11-25(2)12-14-27/h17-18H,5-16H2,1-4H3. The summed E-state index contributed by atoms with van der Waals surface area (Å²) >= 11 is 3.30. The summed E-state index contributed by atoms with van der Waals surface area (Å²) in [5.41, 5.74) is -0.767. The second-order valence-electron chi connectivity index (χ2n) is 9.42. The van der Waals surface area contributed by atoms with Gasteiger partial charge in [0.05, 0.1) is 34.1 Å². The number of carbonyl (C=O) groups excluding carboxylic acids is 1. The van der Waals surface area contributed by atoms with Crippen molar-refractivity contribution in [3.8, 4) is 0 Å². The molecule has 0 N–H and O–H groups in total. The van der Waals surface area contributed by atoms with Crippen LogP contribution in [0.25, 0.3) is 0 Å². The molecule has 1 aliphatic heterocycles. The van der Waals surface area contributed by atoms with Gasteiger partial charge in [0.2, 0.25) is 0 Å². The van der Waals surface area contributed by atoms with E-state index in [1.165, 1.54) is 22.8 Å². The molecule has 1 saturated heterocycles. The maximum Gasteiger partial charge on any atom is 0.283 e. The van der Waals surface area contributed by atoms with Gasteiger partial charge in [0.1, 0.15) is 5.56 Å². The summed E-state index contributed by atoms with van der Waals surface area (Å²) in [6.07, 6.45) is 1.57. The van der Waals surface area contributed by atoms with Crippen LogP contribution in [0.3, 0.4) is 0 Å². The van der Waals surface area contributed by atoms with E-state index >= 15 is 0 Å². The predicted molar refractivity (Wildman–Crippen MR) is 153 cm³/mol. The van der Waals surface area contributed by atoms with Crippen LogP contribution < -0.4 is 4.90 Å². The Hall–Kier alpha value is -1.85. The molecule has 0 atom stereocenters. The number of alkyl halides is 1. The van der Waals surface area contributed by atoms with Crippen molar-refractivity contribution in [2.24, 2.45) is 0 Å². The molecule has 1 aromatic rings. The van der Waals surface area contributed by atoms with E-state index in [-0.39, 0.29) is 41.6 Å². The monoisotopic (exact) mass is 655 g/mol. The normalized spacial score (nSPS) is 15.3. The van der Waals surface area contributed by atoms with Gasteiger partial charge in [0.15, 0.2) is 9.84 Å². The summed E-state index contributed by atoms with van der Waals surface area (Å²) in [5.74, 6) is -0.925. The molecule has 1 heterocycles. The van der Waals surface area contributed by atoms with Gasteiger partial charge in [-0.2, -0.15) is 8.42 Å². The first-order chi connectivity index (χ1) is 18.2. The molecule has 0 aliphatic carbocycles. The highest BCUT2D eigenvalue weighted by molar-refractivity contribution is 9.09. The molecule has 1 amide bonds. The molecular weight excluding hydrogens is 618 g/mol. The molecule has 1 aliphatic rings. The lowest BCUT2D eigenvalue weighted by atomic mass is 10.1. The lowest BCUT2D eigenvalue weighted by molar-refractivity contribution is -0.385. The van der Waals surface area contributed by atoms with Crippen molar-refractivity contribution < 1.29 is 30.7 Å². The van der Waals surface area contributed by atoms with Crippen LogP contribution in [0.15, 0.2) is 17.0 Å². The number of rotatable bonds is 15. The van der Waals surface area contributed by atoms with Crippen molar-refractivity contribution in [1.29, 1.82) is 0 Å². The summed E-state index contributed by atoms with van der Waals surface area (Å²) in [7, 11) is -4.07. The number of anilines is 1. The molecule has 0 radical (unpaired) electrons. The fraction of sp³-hybridized carbons (Fsp3) is 0.696. The number of nitro groups is 1. The number of nitrogens with zero attached hydrogens (tertiary/aromatic N) is 5. The number of carbonyl (C=O) groups is 1. The number of amides is 1. The van der Waals surface area contributed by atoms with Gasteiger partial charge in [-0.1, -0.05) is 22.9 Å². The number of hydrogen-bond acceptors (Lipinski definition) is 11. The largest absolute Gasteiger partial charge is 0.367 e. The lowest BCUT2D eigenvalue weighted by Gasteiger charge is -2.32. The number of piperazine rings is 1. The lowest BCUT2D eigenvalue weighted by Crippen LogP contribution is -2.45. The zero-order chi connectivity index (χ0) is 29.4. The van der Waals surface area contributed by atoms with Crippen LogP contribution in [0.4, 0.5) is 11.4 Å². The number of likely N-dealkylation sites (N-methyl/N-ethyl adjacent to an activating group) is 1. The smallest absolute Gasteiger partial charge is 0.283 e. The van der Waals surface area contributed by atoms with Crippen LogP contribution in [0.1, 0.15) is 23.7 Å². The molecule has 0 bridgehead atoms. The Bertz CT molecular complexity index is 1220. The molecule has 16 heteroatoms. The fourth-order valence-corrected chi connectivity index (χ4v) is 6.11. The minimum Gasteiger partial charge on any atom is -0.367 e. The highest BCUT2D eigenvalue weighted by Gasteiger charge is 2.31. The highest BCUT2D eigenvalue weighted by atomic mass is 79.9. The number of hydrogen-bond donors (Lipinski definition) is 0. The van der Waals surface area contributed by atoms with Crippen molar-refractivity contribution in [3.05, 3.63) is 27.8 Å². The van der Waals surface area contributed by atoms with Crippen molar-refractivity contribution >= 4 is 53.2 Å². The summed E-state index contributed by atoms with van der Waals surface area (Å²) < 4.78 is 53.7. The van der Waals surface area contributed by atoms with E-state index in [1.807, 2.05) is 0 Å². The zero-order valence-electron chi connectivity index (χ0n) is 22.8. The van der Waals surface area contributed by atoms with Gasteiger partial charge in [0, 0.05) is 64.3 Å². The Labute approximate surface area is 239 Å². The minimum absolute atomic E-state index is 0.0305. The SMILES string of the molecule is CCS(=O)(=O)c1cc([N+](=O)[O-])c(C(=O)N(C)CCCN2CCN(C)CC2)cc1N(CCBr)CCOS(C)(=O)=O. The molecule has 1 fully saturated rings. The average Bonchev–Trinajstić information content (AvgIpc) is 2.87. The maximum absolute atomic E-state index is 13.4. The van der Waals surface area contributed by atoms with E-state index in [2.05, 4.69) is 32.8 Å². The van der Waals surface area contributed by atoms with Gasteiger partial charge in [0.25, 0.3) is 21.7 Å². The number of halogens is 1. The molecule has 0 spiro atoms.